The predicted octanol–water partition coefficient (Wildman–Crippen LogP) is 3.78. The Morgan fingerprint density at radius 2 is 1.83 bits per heavy atom. The van der Waals surface area contributed by atoms with Crippen LogP contribution in [0.15, 0.2) is 89.5 Å². The second kappa shape index (κ2) is 9.98. The van der Waals surface area contributed by atoms with Gasteiger partial charge in [-0.15, -0.1) is 0 Å². The van der Waals surface area contributed by atoms with E-state index in [1.54, 1.807) is 17.8 Å². The lowest BCUT2D eigenvalue weighted by molar-refractivity contribution is -0.139. The van der Waals surface area contributed by atoms with E-state index in [1.165, 1.54) is 18.1 Å². The van der Waals surface area contributed by atoms with Crippen LogP contribution in [0.3, 0.4) is 0 Å². The number of fused-ring (bicyclic) bond motifs is 1. The van der Waals surface area contributed by atoms with Gasteiger partial charge in [-0.1, -0.05) is 60.3 Å². The summed E-state index contributed by atoms with van der Waals surface area (Å²) in [4.78, 5) is 34.3. The number of carbonyl (C=O) groups is 2. The molecule has 5 rings (SSSR count). The van der Waals surface area contributed by atoms with Crippen molar-refractivity contribution in [2.24, 2.45) is 0 Å². The number of para-hydroxylation sites is 1. The maximum absolute atomic E-state index is 13.0. The monoisotopic (exact) mass is 486 g/mol. The van der Waals surface area contributed by atoms with E-state index in [1.807, 2.05) is 60.7 Å². The fourth-order valence-electron chi connectivity index (χ4n) is 3.91. The molecule has 0 saturated heterocycles. The van der Waals surface area contributed by atoms with Crippen LogP contribution in [0.5, 0.6) is 0 Å². The van der Waals surface area contributed by atoms with E-state index in [0.717, 1.165) is 16.6 Å². The zero-order valence-electron chi connectivity index (χ0n) is 18.8. The van der Waals surface area contributed by atoms with Crippen molar-refractivity contribution < 1.29 is 14.3 Å². The van der Waals surface area contributed by atoms with Gasteiger partial charge in [-0.05, 0) is 24.6 Å². The minimum Gasteiger partial charge on any atom is -0.463 e. The van der Waals surface area contributed by atoms with E-state index < -0.39 is 12.0 Å². The first-order valence-corrected chi connectivity index (χ1v) is 12.0. The van der Waals surface area contributed by atoms with Gasteiger partial charge in [0.15, 0.2) is 5.65 Å². The Bertz CT molecular complexity index is 1400. The zero-order valence-corrected chi connectivity index (χ0v) is 19.7. The summed E-state index contributed by atoms with van der Waals surface area (Å²) < 4.78 is 7.09. The topological polar surface area (TPSA) is 111 Å². The van der Waals surface area contributed by atoms with Gasteiger partial charge in [0.25, 0.3) is 0 Å². The van der Waals surface area contributed by atoms with Crippen LogP contribution in [0.4, 0.5) is 4.79 Å². The maximum Gasteiger partial charge on any atom is 0.338 e. The van der Waals surface area contributed by atoms with Crippen LogP contribution in [0.1, 0.15) is 18.5 Å². The minimum absolute atomic E-state index is 0.226. The lowest BCUT2D eigenvalue weighted by atomic mass is 9.95. The van der Waals surface area contributed by atoms with Gasteiger partial charge in [-0.25, -0.2) is 24.2 Å². The Balaban J connectivity index is 1.49. The second-order valence-corrected chi connectivity index (χ2v) is 8.62. The van der Waals surface area contributed by atoms with Gasteiger partial charge in [0, 0.05) is 11.4 Å². The van der Waals surface area contributed by atoms with Crippen molar-refractivity contribution in [3.8, 4) is 5.69 Å². The second-order valence-electron chi connectivity index (χ2n) is 7.65. The molecule has 4 aromatic rings. The molecule has 1 aliphatic heterocycles. The molecule has 0 bridgehead atoms. The summed E-state index contributed by atoms with van der Waals surface area (Å²) in [5.41, 5.74) is 3.20. The summed E-state index contributed by atoms with van der Waals surface area (Å²) in [7, 11) is 0. The molecule has 9 nitrogen and oxygen atoms in total. The molecular formula is C25H22N6O3S. The number of nitrogens with one attached hydrogen (secondary N) is 2. The first-order valence-electron chi connectivity index (χ1n) is 11.0. The van der Waals surface area contributed by atoms with Crippen LogP contribution < -0.4 is 10.6 Å². The molecular weight excluding hydrogens is 464 g/mol. The molecule has 35 heavy (non-hydrogen) atoms. The summed E-state index contributed by atoms with van der Waals surface area (Å²) in [6.07, 6.45) is 3.21. The molecule has 0 spiro atoms. The molecule has 2 amide bonds. The Hall–Kier alpha value is -4.18. The van der Waals surface area contributed by atoms with E-state index in [2.05, 4.69) is 25.7 Å². The SMILES string of the molecule is CCOC(=O)C1=C(CSc2ncnc3c2cnn3-c2ccccc2)NC(=O)NC1c1ccccc1. The highest BCUT2D eigenvalue weighted by Gasteiger charge is 2.33. The smallest absolute Gasteiger partial charge is 0.338 e. The molecule has 2 aromatic carbocycles. The number of nitrogens with zero attached hydrogens (tertiary/aromatic N) is 4. The molecule has 0 aliphatic carbocycles. The van der Waals surface area contributed by atoms with E-state index in [4.69, 9.17) is 4.74 Å². The average Bonchev–Trinajstić information content (AvgIpc) is 3.33. The van der Waals surface area contributed by atoms with Gasteiger partial charge < -0.3 is 15.4 Å². The summed E-state index contributed by atoms with van der Waals surface area (Å²) >= 11 is 1.39. The van der Waals surface area contributed by atoms with E-state index >= 15 is 0 Å². The van der Waals surface area contributed by atoms with Crippen LogP contribution in [0, 0.1) is 0 Å². The number of esters is 1. The summed E-state index contributed by atoms with van der Waals surface area (Å²) in [5, 5.41) is 11.6. The molecule has 0 radical (unpaired) electrons. The summed E-state index contributed by atoms with van der Waals surface area (Å²) in [6, 6.07) is 18.1. The molecule has 1 aliphatic rings. The van der Waals surface area contributed by atoms with Crippen molar-refractivity contribution in [3.05, 3.63) is 90.0 Å². The molecule has 2 N–H and O–H groups in total. The van der Waals surface area contributed by atoms with Crippen molar-refractivity contribution in [2.45, 2.75) is 18.0 Å². The van der Waals surface area contributed by atoms with Crippen LogP contribution in [0.25, 0.3) is 16.7 Å². The van der Waals surface area contributed by atoms with Gasteiger partial charge in [-0.2, -0.15) is 5.10 Å². The van der Waals surface area contributed by atoms with Gasteiger partial charge >= 0.3 is 12.0 Å². The minimum atomic E-state index is -0.620. The van der Waals surface area contributed by atoms with E-state index in [0.29, 0.717) is 27.7 Å². The number of thioether (sulfide) groups is 1. The normalized spacial score (nSPS) is 15.6. The number of carbonyl (C=O) groups excluding carboxylic acids is 2. The van der Waals surface area contributed by atoms with Crippen molar-refractivity contribution in [2.75, 3.05) is 12.4 Å². The van der Waals surface area contributed by atoms with Crippen molar-refractivity contribution in [1.82, 2.24) is 30.4 Å². The van der Waals surface area contributed by atoms with Crippen LogP contribution in [-0.4, -0.2) is 44.1 Å². The van der Waals surface area contributed by atoms with Crippen LogP contribution in [-0.2, 0) is 9.53 Å². The molecule has 3 heterocycles. The zero-order chi connectivity index (χ0) is 24.2. The average molecular weight is 487 g/mol. The summed E-state index contributed by atoms with van der Waals surface area (Å²) in [6.45, 7) is 1.98. The Kier molecular flexibility index (Phi) is 6.44. The number of aromatic nitrogens is 4. The van der Waals surface area contributed by atoms with Crippen molar-refractivity contribution in [1.29, 1.82) is 0 Å². The van der Waals surface area contributed by atoms with E-state index in [9.17, 15) is 9.59 Å². The third-order valence-corrected chi connectivity index (χ3v) is 6.50. The number of urea groups is 1. The van der Waals surface area contributed by atoms with E-state index in [-0.39, 0.29) is 12.6 Å². The highest BCUT2D eigenvalue weighted by molar-refractivity contribution is 7.99. The lowest BCUT2D eigenvalue weighted by Crippen LogP contribution is -2.46. The number of hydrogen-bond acceptors (Lipinski definition) is 7. The lowest BCUT2D eigenvalue weighted by Gasteiger charge is -2.29. The highest BCUT2D eigenvalue weighted by Crippen LogP contribution is 2.32. The Morgan fingerprint density at radius 1 is 1.09 bits per heavy atom. The number of ether oxygens (including phenoxy) is 1. The number of amides is 2. The molecule has 176 valence electrons. The van der Waals surface area contributed by atoms with Crippen molar-refractivity contribution in [3.63, 3.8) is 0 Å². The highest BCUT2D eigenvalue weighted by atomic mass is 32.2. The first kappa shape index (κ1) is 22.6. The largest absolute Gasteiger partial charge is 0.463 e. The number of benzene rings is 2. The third kappa shape index (κ3) is 4.60. The number of rotatable bonds is 7. The molecule has 0 fully saturated rings. The Morgan fingerprint density at radius 3 is 2.57 bits per heavy atom. The van der Waals surface area contributed by atoms with Gasteiger partial charge in [0.2, 0.25) is 0 Å². The van der Waals surface area contributed by atoms with Gasteiger partial charge in [0.1, 0.15) is 11.4 Å². The van der Waals surface area contributed by atoms with Crippen LogP contribution >= 0.6 is 11.8 Å². The maximum atomic E-state index is 13.0. The van der Waals surface area contributed by atoms with Crippen LogP contribution in [0.2, 0.25) is 0 Å². The fraction of sp³-hybridized carbons (Fsp3) is 0.160. The fourth-order valence-corrected chi connectivity index (χ4v) is 4.84. The first-order chi connectivity index (χ1) is 17.2. The molecule has 0 saturated carbocycles. The van der Waals surface area contributed by atoms with Gasteiger partial charge in [0.05, 0.1) is 35.5 Å². The van der Waals surface area contributed by atoms with Crippen molar-refractivity contribution >= 4 is 34.8 Å². The third-order valence-electron chi connectivity index (χ3n) is 5.47. The number of hydrogen-bond donors (Lipinski definition) is 2. The molecule has 1 unspecified atom stereocenters. The molecule has 1 atom stereocenters. The molecule has 2 aromatic heterocycles. The predicted molar refractivity (Wildman–Crippen MR) is 132 cm³/mol. The standard InChI is InChI=1S/C25H22N6O3S/c1-2-34-24(32)20-19(29-25(33)30-21(20)16-9-5-3-6-10-16)14-35-23-18-13-28-31(22(18)26-15-27-23)17-11-7-4-8-12-17/h3-13,15,21H,2,14H2,1H3,(H2,29,30,33). The quantitative estimate of drug-likeness (QED) is 0.232. The molecule has 10 heteroatoms. The van der Waals surface area contributed by atoms with Gasteiger partial charge in [-0.3, -0.25) is 0 Å². The summed E-state index contributed by atoms with van der Waals surface area (Å²) in [5.74, 6) is -0.178. The Labute approximate surface area is 205 Å².